The number of nitrogens with zero attached hydrogens (tertiary/aromatic N) is 1. The Labute approximate surface area is 96.8 Å². The Kier molecular flexibility index (Phi) is 7.85. The number of carbonyl (C=O) groups is 1. The first-order chi connectivity index (χ1) is 7.74. The second kappa shape index (κ2) is 8.71. The van der Waals surface area contributed by atoms with Crippen LogP contribution >= 0.6 is 0 Å². The molecule has 1 heterocycles. The molecule has 1 saturated carbocycles. The smallest absolute Gasteiger partial charge is 0.220 e. The number of pyridine rings is 1. The first-order valence-corrected chi connectivity index (χ1v) is 5.48. The van der Waals surface area contributed by atoms with E-state index in [0.717, 1.165) is 12.8 Å². The van der Waals surface area contributed by atoms with Crippen molar-refractivity contribution in [3.63, 3.8) is 0 Å². The van der Waals surface area contributed by atoms with Gasteiger partial charge < -0.3 is 10.5 Å². The minimum atomic E-state index is -0.130. The third kappa shape index (κ3) is 6.81. The molecule has 0 radical (unpaired) electrons. The van der Waals surface area contributed by atoms with Gasteiger partial charge in [0.25, 0.3) is 0 Å². The lowest BCUT2D eigenvalue weighted by atomic mass is 10.4. The van der Waals surface area contributed by atoms with Crippen LogP contribution in [-0.2, 0) is 4.79 Å². The summed E-state index contributed by atoms with van der Waals surface area (Å²) in [7, 11) is 1.60. The molecule has 1 aromatic heterocycles. The summed E-state index contributed by atoms with van der Waals surface area (Å²) in [6.45, 7) is 4.00. The van der Waals surface area contributed by atoms with Crippen molar-refractivity contribution in [2.45, 2.75) is 26.7 Å². The topological polar surface area (TPSA) is 65.2 Å². The van der Waals surface area contributed by atoms with Crippen molar-refractivity contribution in [2.75, 3.05) is 7.11 Å². The predicted molar refractivity (Wildman–Crippen MR) is 64.1 cm³/mol. The van der Waals surface area contributed by atoms with Crippen molar-refractivity contribution in [3.8, 4) is 5.88 Å². The summed E-state index contributed by atoms with van der Waals surface area (Å²) in [6, 6.07) is 5.54. The van der Waals surface area contributed by atoms with Gasteiger partial charge in [-0.05, 0) is 18.9 Å². The van der Waals surface area contributed by atoms with E-state index in [1.807, 2.05) is 26.0 Å². The SMILES string of the molecule is CC.COc1ccccn1.NC(=O)C1CC1. The van der Waals surface area contributed by atoms with Crippen LogP contribution in [0.2, 0.25) is 0 Å². The number of rotatable bonds is 2. The van der Waals surface area contributed by atoms with Crippen LogP contribution in [-0.4, -0.2) is 18.0 Å². The van der Waals surface area contributed by atoms with Crippen LogP contribution in [0.25, 0.3) is 0 Å². The maximum absolute atomic E-state index is 9.98. The lowest BCUT2D eigenvalue weighted by molar-refractivity contribution is -0.119. The van der Waals surface area contributed by atoms with Gasteiger partial charge in [0.1, 0.15) is 0 Å². The number of nitrogens with two attached hydrogens (primary N) is 1. The second-order valence-corrected chi connectivity index (χ2v) is 3.05. The summed E-state index contributed by atoms with van der Waals surface area (Å²) in [4.78, 5) is 13.9. The molecule has 4 nitrogen and oxygen atoms in total. The molecule has 0 spiro atoms. The highest BCUT2D eigenvalue weighted by Crippen LogP contribution is 2.27. The maximum atomic E-state index is 9.98. The number of aromatic nitrogens is 1. The molecular weight excluding hydrogens is 204 g/mol. The van der Waals surface area contributed by atoms with E-state index < -0.39 is 0 Å². The minimum Gasteiger partial charge on any atom is -0.481 e. The van der Waals surface area contributed by atoms with E-state index in [0.29, 0.717) is 5.88 Å². The van der Waals surface area contributed by atoms with Crippen LogP contribution in [0.3, 0.4) is 0 Å². The molecule has 0 bridgehead atoms. The van der Waals surface area contributed by atoms with Gasteiger partial charge in [0, 0.05) is 18.2 Å². The average Bonchev–Trinajstić information content (AvgIpc) is 3.17. The van der Waals surface area contributed by atoms with Gasteiger partial charge in [0.15, 0.2) is 0 Å². The summed E-state index contributed by atoms with van der Waals surface area (Å²) in [5, 5.41) is 0. The predicted octanol–water partition coefficient (Wildman–Crippen LogP) is 2.00. The molecule has 1 aromatic rings. The van der Waals surface area contributed by atoms with Gasteiger partial charge >= 0.3 is 0 Å². The van der Waals surface area contributed by atoms with Crippen LogP contribution in [0.1, 0.15) is 26.7 Å². The van der Waals surface area contributed by atoms with E-state index in [-0.39, 0.29) is 11.8 Å². The fraction of sp³-hybridized carbons (Fsp3) is 0.500. The molecule has 16 heavy (non-hydrogen) atoms. The Balaban J connectivity index is 0.000000251. The highest BCUT2D eigenvalue weighted by Gasteiger charge is 2.26. The standard InChI is InChI=1S/C6H7NO.C4H7NO.C2H6/c1-8-6-4-2-3-5-7-6;5-4(6)3-1-2-3;1-2/h2-5H,1H3;3H,1-2H2,(H2,5,6);1-2H3. The molecule has 1 aliphatic carbocycles. The van der Waals surface area contributed by atoms with Gasteiger partial charge in [0.2, 0.25) is 11.8 Å². The van der Waals surface area contributed by atoms with Crippen molar-refractivity contribution < 1.29 is 9.53 Å². The molecule has 1 aliphatic rings. The number of hydrogen-bond acceptors (Lipinski definition) is 3. The zero-order valence-electron chi connectivity index (χ0n) is 10.1. The Morgan fingerprint density at radius 1 is 1.44 bits per heavy atom. The molecule has 1 fully saturated rings. The summed E-state index contributed by atoms with van der Waals surface area (Å²) >= 11 is 0. The Bertz CT molecular complexity index is 284. The minimum absolute atomic E-state index is 0.130. The van der Waals surface area contributed by atoms with E-state index in [9.17, 15) is 4.79 Å². The Hall–Kier alpha value is -1.58. The summed E-state index contributed by atoms with van der Waals surface area (Å²) in [5.74, 6) is 0.771. The second-order valence-electron chi connectivity index (χ2n) is 3.05. The first kappa shape index (κ1) is 14.4. The zero-order chi connectivity index (χ0) is 12.4. The number of hydrogen-bond donors (Lipinski definition) is 1. The van der Waals surface area contributed by atoms with Crippen LogP contribution in [0.4, 0.5) is 0 Å². The fourth-order valence-electron chi connectivity index (χ4n) is 0.836. The van der Waals surface area contributed by atoms with Crippen LogP contribution in [0.5, 0.6) is 5.88 Å². The molecule has 0 aliphatic heterocycles. The molecular formula is C12H20N2O2. The Morgan fingerprint density at radius 2 is 2.06 bits per heavy atom. The van der Waals surface area contributed by atoms with Gasteiger partial charge in [-0.3, -0.25) is 4.79 Å². The monoisotopic (exact) mass is 224 g/mol. The molecule has 1 amide bonds. The molecule has 90 valence electrons. The van der Waals surface area contributed by atoms with Crippen molar-refractivity contribution >= 4 is 5.91 Å². The number of amides is 1. The number of primary amides is 1. The zero-order valence-corrected chi connectivity index (χ0v) is 10.1. The first-order valence-electron chi connectivity index (χ1n) is 5.48. The van der Waals surface area contributed by atoms with Crippen LogP contribution in [0.15, 0.2) is 24.4 Å². The lowest BCUT2D eigenvalue weighted by Gasteiger charge is -1.92. The summed E-state index contributed by atoms with van der Waals surface area (Å²) in [5.41, 5.74) is 4.86. The van der Waals surface area contributed by atoms with E-state index in [2.05, 4.69) is 4.98 Å². The van der Waals surface area contributed by atoms with Gasteiger partial charge in [-0.15, -0.1) is 0 Å². The normalized spacial score (nSPS) is 12.4. The molecule has 0 unspecified atom stereocenters. The van der Waals surface area contributed by atoms with Gasteiger partial charge in [0.05, 0.1) is 7.11 Å². The van der Waals surface area contributed by atoms with E-state index >= 15 is 0 Å². The largest absolute Gasteiger partial charge is 0.481 e. The van der Waals surface area contributed by atoms with E-state index in [1.165, 1.54) is 0 Å². The lowest BCUT2D eigenvalue weighted by Crippen LogP contribution is -2.11. The third-order valence-electron chi connectivity index (χ3n) is 1.83. The molecule has 0 saturated heterocycles. The van der Waals surface area contributed by atoms with Crippen LogP contribution in [0, 0.1) is 5.92 Å². The summed E-state index contributed by atoms with van der Waals surface area (Å²) < 4.78 is 4.80. The Morgan fingerprint density at radius 3 is 2.25 bits per heavy atom. The third-order valence-corrected chi connectivity index (χ3v) is 1.83. The van der Waals surface area contributed by atoms with Gasteiger partial charge in [-0.2, -0.15) is 0 Å². The molecule has 4 heteroatoms. The van der Waals surface area contributed by atoms with Crippen LogP contribution < -0.4 is 10.5 Å². The number of carbonyl (C=O) groups excluding carboxylic acids is 1. The van der Waals surface area contributed by atoms with E-state index in [4.69, 9.17) is 10.5 Å². The maximum Gasteiger partial charge on any atom is 0.220 e. The number of ether oxygens (including phenoxy) is 1. The molecule has 2 N–H and O–H groups in total. The summed E-state index contributed by atoms with van der Waals surface area (Å²) in [6.07, 6.45) is 3.74. The molecule has 2 rings (SSSR count). The molecule has 0 atom stereocenters. The quantitative estimate of drug-likeness (QED) is 0.835. The van der Waals surface area contributed by atoms with Crippen molar-refractivity contribution in [1.29, 1.82) is 0 Å². The average molecular weight is 224 g/mol. The fourth-order valence-corrected chi connectivity index (χ4v) is 0.836. The van der Waals surface area contributed by atoms with Crippen molar-refractivity contribution in [2.24, 2.45) is 11.7 Å². The number of methoxy groups -OCH3 is 1. The highest BCUT2D eigenvalue weighted by atomic mass is 16.5. The highest BCUT2D eigenvalue weighted by molar-refractivity contribution is 5.78. The van der Waals surface area contributed by atoms with Crippen molar-refractivity contribution in [1.82, 2.24) is 4.98 Å². The van der Waals surface area contributed by atoms with Crippen molar-refractivity contribution in [3.05, 3.63) is 24.4 Å². The van der Waals surface area contributed by atoms with Gasteiger partial charge in [-0.25, -0.2) is 4.98 Å². The van der Waals surface area contributed by atoms with Gasteiger partial charge in [-0.1, -0.05) is 19.9 Å². The van der Waals surface area contributed by atoms with E-state index in [1.54, 1.807) is 19.4 Å². The molecule has 0 aromatic carbocycles.